The number of rotatable bonds is 6. The van der Waals surface area contributed by atoms with E-state index in [-0.39, 0.29) is 0 Å². The highest BCUT2D eigenvalue weighted by Crippen LogP contribution is 2.11. The van der Waals surface area contributed by atoms with E-state index in [2.05, 4.69) is 19.2 Å². The van der Waals surface area contributed by atoms with Gasteiger partial charge in [-0.3, -0.25) is 0 Å². The van der Waals surface area contributed by atoms with Crippen molar-refractivity contribution in [3.63, 3.8) is 0 Å². The van der Waals surface area contributed by atoms with Crippen LogP contribution < -0.4 is 5.32 Å². The average molecular weight is 159 g/mol. The molecule has 0 amide bonds. The third-order valence-electron chi connectivity index (χ3n) is 2.27. The van der Waals surface area contributed by atoms with Gasteiger partial charge in [-0.15, -0.1) is 0 Å². The van der Waals surface area contributed by atoms with Gasteiger partial charge in [0.1, 0.15) is 0 Å². The van der Waals surface area contributed by atoms with Gasteiger partial charge in [-0.1, -0.05) is 20.3 Å². The van der Waals surface area contributed by atoms with Gasteiger partial charge in [0.25, 0.3) is 0 Å². The molecular formula is C9H21NO. The molecule has 0 radical (unpaired) electrons. The molecule has 0 heterocycles. The molecule has 0 fully saturated rings. The Morgan fingerprint density at radius 2 is 2.09 bits per heavy atom. The van der Waals surface area contributed by atoms with E-state index >= 15 is 0 Å². The van der Waals surface area contributed by atoms with Gasteiger partial charge in [-0.25, -0.2) is 0 Å². The van der Waals surface area contributed by atoms with Gasteiger partial charge in [0.15, 0.2) is 0 Å². The highest BCUT2D eigenvalue weighted by molar-refractivity contribution is 4.66. The molecule has 2 heteroatoms. The van der Waals surface area contributed by atoms with Crippen LogP contribution in [0.5, 0.6) is 0 Å². The van der Waals surface area contributed by atoms with Crippen LogP contribution >= 0.6 is 0 Å². The lowest BCUT2D eigenvalue weighted by Crippen LogP contribution is -2.28. The molecule has 0 aliphatic rings. The Hall–Kier alpha value is -0.0800. The van der Waals surface area contributed by atoms with Gasteiger partial charge in [0.2, 0.25) is 0 Å². The zero-order valence-corrected chi connectivity index (χ0v) is 7.93. The normalized spacial score (nSPS) is 16.4. The summed E-state index contributed by atoms with van der Waals surface area (Å²) in [7, 11) is 1.96. The van der Waals surface area contributed by atoms with Crippen LogP contribution in [0.25, 0.3) is 0 Å². The number of aliphatic hydroxyl groups is 1. The van der Waals surface area contributed by atoms with Crippen LogP contribution in [0.15, 0.2) is 0 Å². The van der Waals surface area contributed by atoms with E-state index < -0.39 is 0 Å². The van der Waals surface area contributed by atoms with Crippen molar-refractivity contribution in [2.24, 2.45) is 5.92 Å². The smallest absolute Gasteiger partial charge is 0.0445 e. The molecule has 0 aliphatic heterocycles. The Morgan fingerprint density at radius 1 is 1.45 bits per heavy atom. The van der Waals surface area contributed by atoms with Crippen LogP contribution in [0.4, 0.5) is 0 Å². The standard InChI is InChI=1S/C9H21NO/c1-4-8(2)7-9(10-3)5-6-11/h8-11H,4-7H2,1-3H3/t8-,9-/m1/s1. The maximum atomic E-state index is 8.71. The predicted octanol–water partition coefficient (Wildman–Crippen LogP) is 1.39. The molecule has 0 aliphatic carbocycles. The molecule has 2 atom stereocenters. The van der Waals surface area contributed by atoms with Gasteiger partial charge < -0.3 is 10.4 Å². The highest BCUT2D eigenvalue weighted by atomic mass is 16.3. The van der Waals surface area contributed by atoms with Crippen LogP contribution in [-0.2, 0) is 0 Å². The number of aliphatic hydroxyl groups excluding tert-OH is 1. The molecule has 0 aromatic carbocycles. The van der Waals surface area contributed by atoms with Crippen molar-refractivity contribution in [3.05, 3.63) is 0 Å². The monoisotopic (exact) mass is 159 g/mol. The van der Waals surface area contributed by atoms with E-state index in [0.717, 1.165) is 12.3 Å². The first-order valence-corrected chi connectivity index (χ1v) is 4.52. The van der Waals surface area contributed by atoms with Crippen molar-refractivity contribution < 1.29 is 5.11 Å². The summed E-state index contributed by atoms with van der Waals surface area (Å²) in [6.45, 7) is 4.75. The van der Waals surface area contributed by atoms with Gasteiger partial charge in [-0.2, -0.15) is 0 Å². The van der Waals surface area contributed by atoms with E-state index in [9.17, 15) is 0 Å². The van der Waals surface area contributed by atoms with Crippen molar-refractivity contribution >= 4 is 0 Å². The fourth-order valence-electron chi connectivity index (χ4n) is 1.19. The largest absolute Gasteiger partial charge is 0.396 e. The lowest BCUT2D eigenvalue weighted by atomic mass is 9.98. The quantitative estimate of drug-likeness (QED) is 0.614. The highest BCUT2D eigenvalue weighted by Gasteiger charge is 2.08. The minimum atomic E-state index is 0.294. The fraction of sp³-hybridized carbons (Fsp3) is 1.00. The van der Waals surface area contributed by atoms with Crippen LogP contribution in [-0.4, -0.2) is 24.8 Å². The van der Waals surface area contributed by atoms with Gasteiger partial charge in [0.05, 0.1) is 0 Å². The SMILES string of the molecule is CC[C@@H](C)C[C@@H](CCO)NC. The van der Waals surface area contributed by atoms with Crippen LogP contribution in [0, 0.1) is 5.92 Å². The Labute approximate surface area is 70.0 Å². The Balaban J connectivity index is 3.49. The zero-order chi connectivity index (χ0) is 8.69. The maximum Gasteiger partial charge on any atom is 0.0445 e. The molecule has 0 aromatic rings. The van der Waals surface area contributed by atoms with Gasteiger partial charge in [-0.05, 0) is 25.8 Å². The number of hydrogen-bond donors (Lipinski definition) is 2. The number of hydrogen-bond acceptors (Lipinski definition) is 2. The van der Waals surface area contributed by atoms with Crippen molar-refractivity contribution in [3.8, 4) is 0 Å². The van der Waals surface area contributed by atoms with Gasteiger partial charge in [0, 0.05) is 12.6 Å². The summed E-state index contributed by atoms with van der Waals surface area (Å²) in [5, 5.41) is 11.9. The van der Waals surface area contributed by atoms with E-state index in [1.165, 1.54) is 12.8 Å². The Bertz CT molecular complexity index is 85.6. The predicted molar refractivity (Wildman–Crippen MR) is 48.6 cm³/mol. The third-order valence-corrected chi connectivity index (χ3v) is 2.27. The number of nitrogens with one attached hydrogen (secondary N) is 1. The van der Waals surface area contributed by atoms with E-state index in [1.807, 2.05) is 7.05 Å². The zero-order valence-electron chi connectivity index (χ0n) is 7.93. The summed E-state index contributed by atoms with van der Waals surface area (Å²) in [5.41, 5.74) is 0. The second-order valence-electron chi connectivity index (χ2n) is 3.25. The first-order chi connectivity index (χ1) is 5.24. The van der Waals surface area contributed by atoms with Crippen molar-refractivity contribution in [1.82, 2.24) is 5.32 Å². The summed E-state index contributed by atoms with van der Waals surface area (Å²) < 4.78 is 0. The summed E-state index contributed by atoms with van der Waals surface area (Å²) in [4.78, 5) is 0. The topological polar surface area (TPSA) is 32.3 Å². The van der Waals surface area contributed by atoms with Crippen molar-refractivity contribution in [2.45, 2.75) is 39.2 Å². The second-order valence-corrected chi connectivity index (χ2v) is 3.25. The molecule has 0 unspecified atom stereocenters. The first kappa shape index (κ1) is 10.9. The molecule has 0 saturated carbocycles. The lowest BCUT2D eigenvalue weighted by molar-refractivity contribution is 0.255. The summed E-state index contributed by atoms with van der Waals surface area (Å²) in [6, 6.07) is 0.495. The summed E-state index contributed by atoms with van der Waals surface area (Å²) >= 11 is 0. The lowest BCUT2D eigenvalue weighted by Gasteiger charge is -2.18. The van der Waals surface area contributed by atoms with E-state index in [4.69, 9.17) is 5.11 Å². The minimum Gasteiger partial charge on any atom is -0.396 e. The van der Waals surface area contributed by atoms with Crippen LogP contribution in [0.3, 0.4) is 0 Å². The van der Waals surface area contributed by atoms with Gasteiger partial charge >= 0.3 is 0 Å². The fourth-order valence-corrected chi connectivity index (χ4v) is 1.19. The molecular weight excluding hydrogens is 138 g/mol. The first-order valence-electron chi connectivity index (χ1n) is 4.52. The molecule has 68 valence electrons. The minimum absolute atomic E-state index is 0.294. The Kier molecular flexibility index (Phi) is 6.57. The van der Waals surface area contributed by atoms with Crippen molar-refractivity contribution in [1.29, 1.82) is 0 Å². The maximum absolute atomic E-state index is 8.71. The molecule has 0 bridgehead atoms. The molecule has 0 rings (SSSR count). The molecule has 0 spiro atoms. The average Bonchev–Trinajstić information content (AvgIpc) is 2.03. The van der Waals surface area contributed by atoms with Crippen molar-refractivity contribution in [2.75, 3.05) is 13.7 Å². The third kappa shape index (κ3) is 5.22. The Morgan fingerprint density at radius 3 is 2.45 bits per heavy atom. The van der Waals surface area contributed by atoms with E-state index in [1.54, 1.807) is 0 Å². The second kappa shape index (κ2) is 6.62. The molecule has 0 saturated heterocycles. The van der Waals surface area contributed by atoms with Crippen LogP contribution in [0.1, 0.15) is 33.1 Å². The summed E-state index contributed by atoms with van der Waals surface area (Å²) in [5.74, 6) is 0.763. The molecule has 0 aromatic heterocycles. The van der Waals surface area contributed by atoms with E-state index in [0.29, 0.717) is 12.6 Å². The molecule has 2 nitrogen and oxygen atoms in total. The summed E-state index contributed by atoms with van der Waals surface area (Å²) in [6.07, 6.45) is 3.28. The van der Waals surface area contributed by atoms with Crippen LogP contribution in [0.2, 0.25) is 0 Å². The molecule has 2 N–H and O–H groups in total. The molecule has 11 heavy (non-hydrogen) atoms.